The van der Waals surface area contributed by atoms with E-state index in [0.717, 1.165) is 62.9 Å². The summed E-state index contributed by atoms with van der Waals surface area (Å²) in [5.41, 5.74) is 1.76. The quantitative estimate of drug-likeness (QED) is 0.0436. The van der Waals surface area contributed by atoms with Crippen LogP contribution in [0.4, 0.5) is 0 Å². The summed E-state index contributed by atoms with van der Waals surface area (Å²) in [7, 11) is 0. The summed E-state index contributed by atoms with van der Waals surface area (Å²) in [6.45, 7) is 11.3. The van der Waals surface area contributed by atoms with Gasteiger partial charge in [0.2, 0.25) is 0 Å². The summed E-state index contributed by atoms with van der Waals surface area (Å²) >= 11 is 0. The zero-order valence-corrected chi connectivity index (χ0v) is 38.9. The molecule has 4 aromatic rings. The summed E-state index contributed by atoms with van der Waals surface area (Å²) in [4.78, 5) is 15.0. The van der Waals surface area contributed by atoms with Crippen molar-refractivity contribution >= 4 is 0 Å². The van der Waals surface area contributed by atoms with Gasteiger partial charge in [0.15, 0.2) is 17.5 Å². The minimum Gasteiger partial charge on any atom is -0.508 e. The Bertz CT molecular complexity index is 1710. The van der Waals surface area contributed by atoms with Gasteiger partial charge in [0, 0.05) is 18.2 Å². The maximum atomic E-state index is 11.1. The lowest BCUT2D eigenvalue weighted by molar-refractivity contribution is 0.290. The minimum atomic E-state index is -0.135. The lowest BCUT2D eigenvalue weighted by Crippen LogP contribution is -2.06. The number of unbranched alkanes of at least 4 members (excludes halogenated alkanes) is 20. The molecule has 3 aromatic carbocycles. The average molecular weight is 854 g/mol. The highest BCUT2D eigenvalue weighted by Gasteiger charge is 2.21. The molecule has 1 heterocycles. The molecule has 0 atom stereocenters. The average Bonchev–Trinajstić information content (AvgIpc) is 3.27. The van der Waals surface area contributed by atoms with Gasteiger partial charge < -0.3 is 29.2 Å². The Hall–Kier alpha value is -4.53. The van der Waals surface area contributed by atoms with Crippen LogP contribution in [-0.2, 0) is 0 Å². The lowest BCUT2D eigenvalue weighted by atomic mass is 10.1. The third-order valence-corrected chi connectivity index (χ3v) is 11.3. The Balaban J connectivity index is 1.70. The molecule has 0 bridgehead atoms. The highest BCUT2D eigenvalue weighted by atomic mass is 16.5. The van der Waals surface area contributed by atoms with Crippen LogP contribution < -0.4 is 18.9 Å². The molecule has 1 aromatic heterocycles. The monoisotopic (exact) mass is 854 g/mol. The fraction of sp³-hybridized carbons (Fsp3) is 0.604. The number of phenolic OH excluding ortho intramolecular Hbond substituents is 2. The molecular weight excluding hydrogens is 775 g/mol. The van der Waals surface area contributed by atoms with Crippen molar-refractivity contribution in [3.05, 3.63) is 54.6 Å². The predicted molar refractivity (Wildman–Crippen MR) is 255 cm³/mol. The number of phenols is 2. The Labute approximate surface area is 374 Å². The van der Waals surface area contributed by atoms with E-state index in [2.05, 4.69) is 27.7 Å². The summed E-state index contributed by atoms with van der Waals surface area (Å²) in [5.74, 6) is 3.61. The van der Waals surface area contributed by atoms with Crippen molar-refractivity contribution in [2.75, 3.05) is 26.4 Å². The van der Waals surface area contributed by atoms with E-state index in [1.54, 1.807) is 6.07 Å². The van der Waals surface area contributed by atoms with Gasteiger partial charge in [-0.25, -0.2) is 15.0 Å². The molecule has 4 rings (SSSR count). The lowest BCUT2D eigenvalue weighted by Gasteiger charge is -2.17. The Morgan fingerprint density at radius 3 is 1.05 bits per heavy atom. The van der Waals surface area contributed by atoms with Crippen LogP contribution in [0.2, 0.25) is 0 Å². The Kier molecular flexibility index (Phi) is 24.7. The third-order valence-electron chi connectivity index (χ3n) is 11.3. The second-order valence-corrected chi connectivity index (χ2v) is 16.8. The zero-order chi connectivity index (χ0) is 44.0. The van der Waals surface area contributed by atoms with Gasteiger partial charge in [-0.1, -0.05) is 156 Å². The molecule has 9 heteroatoms. The highest BCUT2D eigenvalue weighted by Crippen LogP contribution is 2.39. The summed E-state index contributed by atoms with van der Waals surface area (Å²) < 4.78 is 25.6. The molecule has 342 valence electrons. The maximum absolute atomic E-state index is 11.1. The fourth-order valence-electron chi connectivity index (χ4n) is 7.51. The third kappa shape index (κ3) is 18.4. The van der Waals surface area contributed by atoms with E-state index in [1.165, 1.54) is 115 Å². The summed E-state index contributed by atoms with van der Waals surface area (Å²) in [6, 6.07) is 16.2. The van der Waals surface area contributed by atoms with Gasteiger partial charge in [0.05, 0.1) is 43.1 Å². The van der Waals surface area contributed by atoms with E-state index in [-0.39, 0.29) is 17.3 Å². The molecule has 0 unspecified atom stereocenters. The van der Waals surface area contributed by atoms with E-state index in [0.29, 0.717) is 66.3 Å². The van der Waals surface area contributed by atoms with Gasteiger partial charge in [0.1, 0.15) is 34.5 Å². The first-order valence-electron chi connectivity index (χ1n) is 24.6. The van der Waals surface area contributed by atoms with Crippen molar-refractivity contribution in [2.24, 2.45) is 0 Å². The summed E-state index contributed by atoms with van der Waals surface area (Å²) in [6.07, 6.45) is 28.2. The molecule has 0 fully saturated rings. The molecule has 0 aliphatic rings. The van der Waals surface area contributed by atoms with E-state index in [4.69, 9.17) is 33.9 Å². The van der Waals surface area contributed by atoms with Crippen molar-refractivity contribution in [1.82, 2.24) is 15.0 Å². The molecular formula is C53H79N3O6. The van der Waals surface area contributed by atoms with Crippen molar-refractivity contribution in [1.29, 1.82) is 0 Å². The van der Waals surface area contributed by atoms with Crippen LogP contribution in [-0.4, -0.2) is 51.6 Å². The van der Waals surface area contributed by atoms with Crippen LogP contribution in [0.15, 0.2) is 54.6 Å². The van der Waals surface area contributed by atoms with Gasteiger partial charge >= 0.3 is 0 Å². The second kappa shape index (κ2) is 30.5. The molecule has 9 nitrogen and oxygen atoms in total. The molecule has 0 aliphatic heterocycles. The van der Waals surface area contributed by atoms with Crippen LogP contribution >= 0.6 is 0 Å². The summed E-state index contributed by atoms with van der Waals surface area (Å²) in [5, 5.41) is 21.3. The number of aromatic hydroxyl groups is 2. The van der Waals surface area contributed by atoms with Crippen molar-refractivity contribution < 1.29 is 29.2 Å². The first kappa shape index (κ1) is 50.1. The number of nitrogens with zero attached hydrogens (tertiary/aromatic N) is 3. The van der Waals surface area contributed by atoms with Crippen molar-refractivity contribution in [3.8, 4) is 68.7 Å². The SMILES string of the molecule is CCCCCCCCOc1ccc(-c2nc(-c3ccc(O)cc3O)nc(-c3ccc(OCCCCCCCC)cc3OCCCCCCCC)n2)c(OCCCCCCCC)c1. The van der Waals surface area contributed by atoms with Gasteiger partial charge in [-0.15, -0.1) is 0 Å². The molecule has 2 N–H and O–H groups in total. The van der Waals surface area contributed by atoms with Crippen LogP contribution in [0.5, 0.6) is 34.5 Å². The van der Waals surface area contributed by atoms with Crippen LogP contribution in [0, 0.1) is 0 Å². The van der Waals surface area contributed by atoms with Crippen LogP contribution in [0.25, 0.3) is 34.2 Å². The first-order valence-corrected chi connectivity index (χ1v) is 24.6. The molecule has 0 spiro atoms. The Morgan fingerprint density at radius 2 is 0.677 bits per heavy atom. The molecule has 0 radical (unpaired) electrons. The largest absolute Gasteiger partial charge is 0.508 e. The van der Waals surface area contributed by atoms with Crippen LogP contribution in [0.3, 0.4) is 0 Å². The number of hydrogen-bond acceptors (Lipinski definition) is 9. The zero-order valence-electron chi connectivity index (χ0n) is 38.9. The van der Waals surface area contributed by atoms with Gasteiger partial charge in [0.25, 0.3) is 0 Å². The van der Waals surface area contributed by atoms with Crippen LogP contribution in [0.1, 0.15) is 182 Å². The smallest absolute Gasteiger partial charge is 0.167 e. The second-order valence-electron chi connectivity index (χ2n) is 16.8. The van der Waals surface area contributed by atoms with E-state index < -0.39 is 0 Å². The number of rotatable bonds is 35. The van der Waals surface area contributed by atoms with E-state index in [1.807, 2.05) is 36.4 Å². The first-order chi connectivity index (χ1) is 30.5. The number of aromatic nitrogens is 3. The van der Waals surface area contributed by atoms with E-state index in [9.17, 15) is 10.2 Å². The molecule has 0 aliphatic carbocycles. The number of ether oxygens (including phenoxy) is 4. The standard InChI is InChI=1S/C53H79N3O6/c1-5-9-13-17-21-25-35-59-43-30-33-46(49(40-43)61-37-27-23-19-15-11-7-3)52-54-51(45-32-29-42(57)39-48(45)58)55-53(56-52)47-34-31-44(60-36-26-22-18-14-10-6-2)41-50(47)62-38-28-24-20-16-12-8-4/h29-34,39-41,57-58H,5-28,35-38H2,1-4H3. The van der Waals surface area contributed by atoms with E-state index >= 15 is 0 Å². The normalized spacial score (nSPS) is 11.2. The molecule has 0 amide bonds. The predicted octanol–water partition coefficient (Wildman–Crippen LogP) is 15.2. The minimum absolute atomic E-state index is 0.0513. The topological polar surface area (TPSA) is 116 Å². The molecule has 0 saturated carbocycles. The molecule has 62 heavy (non-hydrogen) atoms. The van der Waals surface area contributed by atoms with Crippen molar-refractivity contribution in [3.63, 3.8) is 0 Å². The maximum Gasteiger partial charge on any atom is 0.167 e. The molecule has 0 saturated heterocycles. The number of hydrogen-bond donors (Lipinski definition) is 2. The number of benzene rings is 3. The van der Waals surface area contributed by atoms with Gasteiger partial charge in [-0.3, -0.25) is 0 Å². The van der Waals surface area contributed by atoms with Crippen molar-refractivity contribution in [2.45, 2.75) is 182 Å². The van der Waals surface area contributed by atoms with Gasteiger partial charge in [-0.2, -0.15) is 0 Å². The highest BCUT2D eigenvalue weighted by molar-refractivity contribution is 5.75. The fourth-order valence-corrected chi connectivity index (χ4v) is 7.51. The Morgan fingerprint density at radius 1 is 0.355 bits per heavy atom. The van der Waals surface area contributed by atoms with Gasteiger partial charge in [-0.05, 0) is 62.1 Å².